The van der Waals surface area contributed by atoms with E-state index < -0.39 is 0 Å². The van der Waals surface area contributed by atoms with Gasteiger partial charge in [0.2, 0.25) is 0 Å². The van der Waals surface area contributed by atoms with Gasteiger partial charge in [0.1, 0.15) is 0 Å². The van der Waals surface area contributed by atoms with Gasteiger partial charge in [-0.2, -0.15) is 0 Å². The fourth-order valence-electron chi connectivity index (χ4n) is 2.91. The average Bonchev–Trinajstić information content (AvgIpc) is 3.15. The second kappa shape index (κ2) is 9.75. The van der Waals surface area contributed by atoms with Gasteiger partial charge in [-0.15, -0.1) is 10.2 Å². The first kappa shape index (κ1) is 21.1. The quantitative estimate of drug-likeness (QED) is 0.289. The molecule has 0 radical (unpaired) electrons. The number of thioether (sulfide) groups is 1. The Morgan fingerprint density at radius 1 is 0.833 bits per heavy atom. The summed E-state index contributed by atoms with van der Waals surface area (Å²) in [5.41, 5.74) is 2.91. The lowest BCUT2D eigenvalue weighted by Gasteiger charge is -2.12. The van der Waals surface area contributed by atoms with Gasteiger partial charge in [0.15, 0.2) is 11.0 Å². The summed E-state index contributed by atoms with van der Waals surface area (Å²) in [4.78, 5) is 0. The predicted molar refractivity (Wildman–Crippen MR) is 126 cm³/mol. The SMILES string of the molecule is Clc1cccc(NCc2nnc(SCc3ccc(Cl)cc3Cl)n2-c2ccccc2)c1. The molecule has 4 nitrogen and oxygen atoms in total. The number of para-hydroxylation sites is 1. The molecule has 0 aliphatic heterocycles. The minimum absolute atomic E-state index is 0.504. The van der Waals surface area contributed by atoms with Crippen molar-refractivity contribution >= 4 is 52.3 Å². The first-order valence-electron chi connectivity index (χ1n) is 9.16. The summed E-state index contributed by atoms with van der Waals surface area (Å²) in [6, 6.07) is 23.2. The van der Waals surface area contributed by atoms with Crippen molar-refractivity contribution in [1.82, 2.24) is 14.8 Å². The van der Waals surface area contributed by atoms with Crippen molar-refractivity contribution in [1.29, 1.82) is 0 Å². The van der Waals surface area contributed by atoms with Crippen LogP contribution in [0, 0.1) is 0 Å². The van der Waals surface area contributed by atoms with E-state index in [2.05, 4.69) is 15.5 Å². The Morgan fingerprint density at radius 2 is 1.63 bits per heavy atom. The zero-order valence-electron chi connectivity index (χ0n) is 15.7. The third kappa shape index (κ3) is 5.10. The van der Waals surface area contributed by atoms with Crippen molar-refractivity contribution in [3.05, 3.63) is 99.3 Å². The fraction of sp³-hybridized carbons (Fsp3) is 0.0909. The van der Waals surface area contributed by atoms with Crippen LogP contribution in [0.25, 0.3) is 5.69 Å². The van der Waals surface area contributed by atoms with Gasteiger partial charge in [-0.3, -0.25) is 4.57 Å². The molecule has 0 spiro atoms. The molecule has 0 fully saturated rings. The molecule has 0 aliphatic carbocycles. The van der Waals surface area contributed by atoms with Gasteiger partial charge in [-0.1, -0.05) is 76.9 Å². The Kier molecular flexibility index (Phi) is 6.85. The van der Waals surface area contributed by atoms with Gasteiger partial charge >= 0.3 is 0 Å². The van der Waals surface area contributed by atoms with Crippen LogP contribution in [0.15, 0.2) is 78.0 Å². The van der Waals surface area contributed by atoms with Gasteiger partial charge in [0.25, 0.3) is 0 Å². The van der Waals surface area contributed by atoms with E-state index in [1.165, 1.54) is 0 Å². The second-order valence-electron chi connectivity index (χ2n) is 6.46. The topological polar surface area (TPSA) is 42.7 Å². The molecule has 152 valence electrons. The van der Waals surface area contributed by atoms with Gasteiger partial charge in [0.05, 0.1) is 6.54 Å². The van der Waals surface area contributed by atoms with Crippen molar-refractivity contribution < 1.29 is 0 Å². The van der Waals surface area contributed by atoms with Crippen LogP contribution in [0.4, 0.5) is 5.69 Å². The van der Waals surface area contributed by atoms with Crippen LogP contribution in [0.2, 0.25) is 15.1 Å². The number of rotatable bonds is 7. The molecule has 4 rings (SSSR count). The number of hydrogen-bond acceptors (Lipinski definition) is 4. The molecule has 0 unspecified atom stereocenters. The molecule has 0 saturated carbocycles. The summed E-state index contributed by atoms with van der Waals surface area (Å²) in [6.45, 7) is 0.504. The molecule has 3 aromatic carbocycles. The highest BCUT2D eigenvalue weighted by Crippen LogP contribution is 2.30. The molecular formula is C22H17Cl3N4S. The smallest absolute Gasteiger partial charge is 0.196 e. The maximum absolute atomic E-state index is 6.33. The number of benzene rings is 3. The van der Waals surface area contributed by atoms with Gasteiger partial charge in [-0.25, -0.2) is 0 Å². The lowest BCUT2D eigenvalue weighted by atomic mass is 10.2. The minimum atomic E-state index is 0.504. The Balaban J connectivity index is 1.59. The highest BCUT2D eigenvalue weighted by Gasteiger charge is 2.15. The maximum Gasteiger partial charge on any atom is 0.196 e. The van der Waals surface area contributed by atoms with Gasteiger partial charge in [0, 0.05) is 32.2 Å². The largest absolute Gasteiger partial charge is 0.378 e. The average molecular weight is 476 g/mol. The first-order valence-corrected chi connectivity index (χ1v) is 11.3. The van der Waals surface area contributed by atoms with Gasteiger partial charge in [-0.05, 0) is 48.0 Å². The molecule has 0 bridgehead atoms. The molecule has 1 N–H and O–H groups in total. The van der Waals surface area contributed by atoms with Crippen molar-refractivity contribution in [2.75, 3.05) is 5.32 Å². The number of anilines is 1. The normalized spacial score (nSPS) is 10.9. The number of halogens is 3. The fourth-order valence-corrected chi connectivity index (χ4v) is 4.62. The Morgan fingerprint density at radius 3 is 2.40 bits per heavy atom. The van der Waals surface area contributed by atoms with E-state index in [1.807, 2.05) is 71.3 Å². The molecule has 1 aromatic heterocycles. The number of hydrogen-bond donors (Lipinski definition) is 1. The zero-order valence-corrected chi connectivity index (χ0v) is 18.8. The number of aromatic nitrogens is 3. The number of nitrogens with zero attached hydrogens (tertiary/aromatic N) is 3. The molecule has 30 heavy (non-hydrogen) atoms. The summed E-state index contributed by atoms with van der Waals surface area (Å²) in [6.07, 6.45) is 0. The molecule has 1 heterocycles. The zero-order chi connectivity index (χ0) is 20.9. The molecular weight excluding hydrogens is 459 g/mol. The molecule has 8 heteroatoms. The summed E-state index contributed by atoms with van der Waals surface area (Å²) in [5, 5.41) is 14.9. The van der Waals surface area contributed by atoms with Crippen LogP contribution in [0.5, 0.6) is 0 Å². The maximum atomic E-state index is 6.33. The van der Waals surface area contributed by atoms with E-state index in [4.69, 9.17) is 34.8 Å². The van der Waals surface area contributed by atoms with Crippen LogP contribution in [-0.4, -0.2) is 14.8 Å². The number of nitrogens with one attached hydrogen (secondary N) is 1. The summed E-state index contributed by atoms with van der Waals surface area (Å²) in [7, 11) is 0. The summed E-state index contributed by atoms with van der Waals surface area (Å²) < 4.78 is 2.05. The van der Waals surface area contributed by atoms with E-state index in [1.54, 1.807) is 17.8 Å². The Bertz CT molecular complexity index is 1150. The molecule has 4 aromatic rings. The molecule has 0 amide bonds. The van der Waals surface area contributed by atoms with E-state index in [0.717, 1.165) is 27.9 Å². The van der Waals surface area contributed by atoms with Gasteiger partial charge < -0.3 is 5.32 Å². The van der Waals surface area contributed by atoms with Crippen LogP contribution in [0.3, 0.4) is 0 Å². The van der Waals surface area contributed by atoms with Crippen molar-refractivity contribution in [3.63, 3.8) is 0 Å². The summed E-state index contributed by atoms with van der Waals surface area (Å²) in [5.74, 6) is 1.45. The van der Waals surface area contributed by atoms with Crippen LogP contribution in [0.1, 0.15) is 11.4 Å². The highest BCUT2D eigenvalue weighted by atomic mass is 35.5. The summed E-state index contributed by atoms with van der Waals surface area (Å²) >= 11 is 20.0. The third-order valence-electron chi connectivity index (χ3n) is 4.36. The van der Waals surface area contributed by atoms with E-state index in [0.29, 0.717) is 27.4 Å². The highest BCUT2D eigenvalue weighted by molar-refractivity contribution is 7.98. The van der Waals surface area contributed by atoms with Crippen LogP contribution in [-0.2, 0) is 12.3 Å². The van der Waals surface area contributed by atoms with E-state index >= 15 is 0 Å². The van der Waals surface area contributed by atoms with Crippen LogP contribution >= 0.6 is 46.6 Å². The Hall–Kier alpha value is -2.18. The second-order valence-corrected chi connectivity index (χ2v) is 8.68. The first-order chi connectivity index (χ1) is 14.6. The van der Waals surface area contributed by atoms with E-state index in [9.17, 15) is 0 Å². The molecule has 0 aliphatic rings. The van der Waals surface area contributed by atoms with E-state index in [-0.39, 0.29) is 0 Å². The Labute approximate surface area is 194 Å². The lowest BCUT2D eigenvalue weighted by molar-refractivity contribution is 0.841. The monoisotopic (exact) mass is 474 g/mol. The van der Waals surface area contributed by atoms with Crippen molar-refractivity contribution in [2.24, 2.45) is 0 Å². The van der Waals surface area contributed by atoms with Crippen LogP contribution < -0.4 is 5.32 Å². The minimum Gasteiger partial charge on any atom is -0.378 e. The predicted octanol–water partition coefficient (Wildman–Crippen LogP) is 7.13. The molecule has 0 atom stereocenters. The standard InChI is InChI=1S/C22H17Cl3N4S/c23-16-5-4-6-18(11-16)26-13-21-27-28-22(29(21)19-7-2-1-3-8-19)30-14-15-9-10-17(24)12-20(15)25/h1-12,26H,13-14H2. The van der Waals surface area contributed by atoms with Crippen molar-refractivity contribution in [3.8, 4) is 5.69 Å². The van der Waals surface area contributed by atoms with Crippen molar-refractivity contribution in [2.45, 2.75) is 17.5 Å². The lowest BCUT2D eigenvalue weighted by Crippen LogP contribution is -2.08. The third-order valence-corrected chi connectivity index (χ3v) is 6.16. The molecule has 0 saturated heterocycles.